The molecule has 0 saturated heterocycles. The predicted molar refractivity (Wildman–Crippen MR) is 73.0 cm³/mol. The molecule has 100 valence electrons. The lowest BCUT2D eigenvalue weighted by Gasteiger charge is -2.06. The summed E-state index contributed by atoms with van der Waals surface area (Å²) < 4.78 is 37.5. The summed E-state index contributed by atoms with van der Waals surface area (Å²) in [4.78, 5) is -0.245. The van der Waals surface area contributed by atoms with Crippen molar-refractivity contribution >= 4 is 15.5 Å². The number of hydrogen-bond acceptors (Lipinski definition) is 3. The minimum atomic E-state index is -3.61. The highest BCUT2D eigenvalue weighted by Crippen LogP contribution is 2.17. The van der Waals surface area contributed by atoms with Crippen molar-refractivity contribution < 1.29 is 12.8 Å². The summed E-state index contributed by atoms with van der Waals surface area (Å²) in [5, 5.41) is 0. The van der Waals surface area contributed by atoms with E-state index in [0.717, 1.165) is 11.6 Å². The second-order valence-corrected chi connectivity index (χ2v) is 6.32. The van der Waals surface area contributed by atoms with Gasteiger partial charge in [-0.05, 0) is 36.2 Å². The summed E-state index contributed by atoms with van der Waals surface area (Å²) in [5.74, 6) is -0.836. The van der Waals surface area contributed by atoms with Gasteiger partial charge in [0.05, 0.1) is 5.75 Å². The van der Waals surface area contributed by atoms with Crippen LogP contribution >= 0.6 is 0 Å². The van der Waals surface area contributed by atoms with Gasteiger partial charge in [0.2, 0.25) is 0 Å². The molecule has 0 spiro atoms. The molecule has 2 N–H and O–H groups in total. The fourth-order valence-corrected chi connectivity index (χ4v) is 3.12. The van der Waals surface area contributed by atoms with Gasteiger partial charge in [-0.1, -0.05) is 24.3 Å². The van der Waals surface area contributed by atoms with Crippen molar-refractivity contribution in [1.82, 2.24) is 0 Å². The van der Waals surface area contributed by atoms with Gasteiger partial charge in [-0.2, -0.15) is 0 Å². The summed E-state index contributed by atoms with van der Waals surface area (Å²) in [5.41, 5.74) is 7.03. The number of benzene rings is 2. The molecule has 0 saturated carbocycles. The van der Waals surface area contributed by atoms with Crippen LogP contribution in [0.2, 0.25) is 0 Å². The summed E-state index contributed by atoms with van der Waals surface area (Å²) in [7, 11) is -3.61. The van der Waals surface area contributed by atoms with Crippen LogP contribution in [0.1, 0.15) is 5.56 Å². The summed E-state index contributed by atoms with van der Waals surface area (Å²) in [6.45, 7) is 0. The van der Waals surface area contributed by atoms with Gasteiger partial charge >= 0.3 is 0 Å². The molecule has 0 amide bonds. The normalized spacial score (nSPS) is 11.4. The Kier molecular flexibility index (Phi) is 3.85. The van der Waals surface area contributed by atoms with Gasteiger partial charge < -0.3 is 5.73 Å². The molecule has 2 aromatic carbocycles. The van der Waals surface area contributed by atoms with Crippen LogP contribution in [0.25, 0.3) is 0 Å². The Labute approximate surface area is 111 Å². The van der Waals surface area contributed by atoms with E-state index in [-0.39, 0.29) is 10.6 Å². The molecule has 2 rings (SSSR count). The maximum absolute atomic E-state index is 13.5. The number of anilines is 1. The van der Waals surface area contributed by atoms with Crippen LogP contribution in [0.5, 0.6) is 0 Å². The number of rotatable bonds is 4. The van der Waals surface area contributed by atoms with E-state index in [2.05, 4.69) is 0 Å². The van der Waals surface area contributed by atoms with Crippen molar-refractivity contribution in [3.63, 3.8) is 0 Å². The van der Waals surface area contributed by atoms with E-state index in [1.165, 1.54) is 18.2 Å². The zero-order valence-corrected chi connectivity index (χ0v) is 11.0. The maximum atomic E-state index is 13.5. The van der Waals surface area contributed by atoms with Crippen LogP contribution in [-0.2, 0) is 16.3 Å². The number of nitrogen functional groups attached to an aromatic ring is 1. The molecule has 0 bridgehead atoms. The molecule has 5 heteroatoms. The van der Waals surface area contributed by atoms with Crippen LogP contribution in [0.15, 0.2) is 53.4 Å². The standard InChI is InChI=1S/C14H14FNO2S/c15-13-3-1-2-4-14(13)19(17,18)10-9-11-5-7-12(16)8-6-11/h1-8H,9-10,16H2. The third kappa shape index (κ3) is 3.32. The van der Waals surface area contributed by atoms with E-state index >= 15 is 0 Å². The first kappa shape index (κ1) is 13.5. The Balaban J connectivity index is 2.14. The summed E-state index contributed by atoms with van der Waals surface area (Å²) >= 11 is 0. The average molecular weight is 279 g/mol. The largest absolute Gasteiger partial charge is 0.399 e. The lowest BCUT2D eigenvalue weighted by Crippen LogP contribution is -2.11. The molecular formula is C14H14FNO2S. The SMILES string of the molecule is Nc1ccc(CCS(=O)(=O)c2ccccc2F)cc1. The Morgan fingerprint density at radius 1 is 1.00 bits per heavy atom. The van der Waals surface area contributed by atoms with Gasteiger partial charge in [-0.3, -0.25) is 0 Å². The number of sulfone groups is 1. The van der Waals surface area contributed by atoms with Crippen LogP contribution < -0.4 is 5.73 Å². The topological polar surface area (TPSA) is 60.2 Å². The highest BCUT2D eigenvalue weighted by atomic mass is 32.2. The van der Waals surface area contributed by atoms with Gasteiger partial charge in [-0.25, -0.2) is 12.8 Å². The van der Waals surface area contributed by atoms with Gasteiger partial charge in [-0.15, -0.1) is 0 Å². The van der Waals surface area contributed by atoms with Crippen LogP contribution in [0.4, 0.5) is 10.1 Å². The zero-order chi connectivity index (χ0) is 13.9. The fourth-order valence-electron chi connectivity index (χ4n) is 1.74. The molecule has 0 radical (unpaired) electrons. The molecule has 0 unspecified atom stereocenters. The Bertz CT molecular complexity index is 666. The van der Waals surface area contributed by atoms with Gasteiger partial charge in [0, 0.05) is 5.69 Å². The average Bonchev–Trinajstić information content (AvgIpc) is 2.38. The van der Waals surface area contributed by atoms with E-state index in [4.69, 9.17) is 5.73 Å². The molecule has 0 aromatic heterocycles. The van der Waals surface area contributed by atoms with E-state index in [0.29, 0.717) is 12.1 Å². The van der Waals surface area contributed by atoms with Crippen molar-refractivity contribution in [2.45, 2.75) is 11.3 Å². The fraction of sp³-hybridized carbons (Fsp3) is 0.143. The van der Waals surface area contributed by atoms with Crippen LogP contribution in [-0.4, -0.2) is 14.2 Å². The molecule has 3 nitrogen and oxygen atoms in total. The molecule has 0 aliphatic carbocycles. The zero-order valence-electron chi connectivity index (χ0n) is 10.2. The van der Waals surface area contributed by atoms with Gasteiger partial charge in [0.1, 0.15) is 10.7 Å². The lowest BCUT2D eigenvalue weighted by molar-refractivity contribution is 0.566. The Hall–Kier alpha value is -1.88. The van der Waals surface area contributed by atoms with Crippen molar-refractivity contribution in [2.75, 3.05) is 11.5 Å². The third-order valence-corrected chi connectivity index (χ3v) is 4.55. The van der Waals surface area contributed by atoms with Crippen molar-refractivity contribution in [3.8, 4) is 0 Å². The molecule has 19 heavy (non-hydrogen) atoms. The molecule has 0 heterocycles. The monoisotopic (exact) mass is 279 g/mol. The maximum Gasteiger partial charge on any atom is 0.181 e. The molecule has 2 aromatic rings. The molecule has 0 atom stereocenters. The third-order valence-electron chi connectivity index (χ3n) is 2.81. The lowest BCUT2D eigenvalue weighted by atomic mass is 10.2. The van der Waals surface area contributed by atoms with Crippen LogP contribution in [0.3, 0.4) is 0 Å². The quantitative estimate of drug-likeness (QED) is 0.874. The molecular weight excluding hydrogens is 265 g/mol. The summed E-state index contributed by atoms with van der Waals surface area (Å²) in [6.07, 6.45) is 0.330. The Morgan fingerprint density at radius 2 is 1.63 bits per heavy atom. The molecule has 0 aliphatic rings. The molecule has 0 aliphatic heterocycles. The number of halogens is 1. The van der Waals surface area contributed by atoms with Crippen LogP contribution in [0, 0.1) is 5.82 Å². The minimum absolute atomic E-state index is 0.127. The van der Waals surface area contributed by atoms with Crippen molar-refractivity contribution in [2.24, 2.45) is 0 Å². The highest BCUT2D eigenvalue weighted by molar-refractivity contribution is 7.91. The number of nitrogens with two attached hydrogens (primary N) is 1. The number of hydrogen-bond donors (Lipinski definition) is 1. The predicted octanol–water partition coefficient (Wildman–Crippen LogP) is 2.42. The van der Waals surface area contributed by atoms with Gasteiger partial charge in [0.25, 0.3) is 0 Å². The highest BCUT2D eigenvalue weighted by Gasteiger charge is 2.18. The van der Waals surface area contributed by atoms with E-state index in [9.17, 15) is 12.8 Å². The van der Waals surface area contributed by atoms with Crippen molar-refractivity contribution in [3.05, 3.63) is 59.9 Å². The second-order valence-electron chi connectivity index (χ2n) is 4.24. The minimum Gasteiger partial charge on any atom is -0.399 e. The van der Waals surface area contributed by atoms with E-state index in [1.807, 2.05) is 0 Å². The second kappa shape index (κ2) is 5.40. The number of aryl methyl sites for hydroxylation is 1. The van der Waals surface area contributed by atoms with E-state index in [1.54, 1.807) is 24.3 Å². The van der Waals surface area contributed by atoms with Gasteiger partial charge in [0.15, 0.2) is 9.84 Å². The molecule has 0 fully saturated rings. The first-order valence-corrected chi connectivity index (χ1v) is 7.46. The Morgan fingerprint density at radius 3 is 2.26 bits per heavy atom. The smallest absolute Gasteiger partial charge is 0.181 e. The first-order chi connectivity index (χ1) is 8.99. The first-order valence-electron chi connectivity index (χ1n) is 5.81. The van der Waals surface area contributed by atoms with E-state index < -0.39 is 15.7 Å². The van der Waals surface area contributed by atoms with Crippen molar-refractivity contribution in [1.29, 1.82) is 0 Å². The summed E-state index contributed by atoms with van der Waals surface area (Å²) in [6, 6.07) is 12.4.